The zero-order valence-corrected chi connectivity index (χ0v) is 9.67. The Kier molecular flexibility index (Phi) is 3.17. The Morgan fingerprint density at radius 1 is 1.33 bits per heavy atom. The van der Waals surface area contributed by atoms with E-state index in [9.17, 15) is 5.11 Å². The van der Waals surface area contributed by atoms with E-state index < -0.39 is 0 Å². The van der Waals surface area contributed by atoms with E-state index in [-0.39, 0.29) is 5.75 Å². The van der Waals surface area contributed by atoms with Gasteiger partial charge in [0.1, 0.15) is 5.75 Å². The molecule has 1 saturated heterocycles. The zero-order valence-electron chi connectivity index (χ0n) is 8.91. The number of likely N-dealkylation sites (tertiary alicyclic amines) is 1. The molecule has 0 bridgehead atoms. The lowest BCUT2D eigenvalue weighted by atomic mass is 9.89. The maximum Gasteiger partial charge on any atom is 0.134 e. The van der Waals surface area contributed by atoms with Gasteiger partial charge in [-0.15, -0.1) is 0 Å². The van der Waals surface area contributed by atoms with Crippen molar-refractivity contribution in [3.8, 4) is 5.75 Å². The minimum Gasteiger partial charge on any atom is -0.506 e. The minimum absolute atomic E-state index is 0.202. The van der Waals surface area contributed by atoms with Crippen molar-refractivity contribution >= 4 is 11.6 Å². The fraction of sp³-hybridized carbons (Fsp3) is 0.500. The average molecular weight is 226 g/mol. The first-order valence-electron chi connectivity index (χ1n) is 5.34. The molecule has 1 aromatic carbocycles. The summed E-state index contributed by atoms with van der Waals surface area (Å²) in [6.07, 6.45) is 2.25. The van der Waals surface area contributed by atoms with Crippen LogP contribution < -0.4 is 0 Å². The monoisotopic (exact) mass is 225 g/mol. The van der Waals surface area contributed by atoms with E-state index in [2.05, 4.69) is 11.9 Å². The van der Waals surface area contributed by atoms with Crippen LogP contribution in [-0.2, 0) is 0 Å². The minimum atomic E-state index is 0.202. The van der Waals surface area contributed by atoms with Crippen LogP contribution in [0.4, 0.5) is 0 Å². The molecule has 1 fully saturated rings. The van der Waals surface area contributed by atoms with E-state index in [0.717, 1.165) is 31.5 Å². The van der Waals surface area contributed by atoms with Crippen molar-refractivity contribution in [3.05, 3.63) is 28.8 Å². The second-order valence-corrected chi connectivity index (χ2v) is 4.64. The van der Waals surface area contributed by atoms with E-state index in [1.165, 1.54) is 0 Å². The Morgan fingerprint density at radius 2 is 2.00 bits per heavy atom. The number of benzene rings is 1. The van der Waals surface area contributed by atoms with Gasteiger partial charge in [0.2, 0.25) is 0 Å². The number of rotatable bonds is 1. The molecule has 1 heterocycles. The Balaban J connectivity index is 2.19. The fourth-order valence-electron chi connectivity index (χ4n) is 2.17. The van der Waals surface area contributed by atoms with Gasteiger partial charge in [0.05, 0.1) is 5.02 Å². The second kappa shape index (κ2) is 4.42. The molecule has 2 nitrogen and oxygen atoms in total. The van der Waals surface area contributed by atoms with Gasteiger partial charge in [0.15, 0.2) is 0 Å². The highest BCUT2D eigenvalue weighted by molar-refractivity contribution is 6.32. The van der Waals surface area contributed by atoms with Gasteiger partial charge >= 0.3 is 0 Å². The largest absolute Gasteiger partial charge is 0.506 e. The molecule has 1 aliphatic rings. The summed E-state index contributed by atoms with van der Waals surface area (Å²) < 4.78 is 0. The Morgan fingerprint density at radius 3 is 2.67 bits per heavy atom. The van der Waals surface area contributed by atoms with Crippen LogP contribution in [0.5, 0.6) is 5.75 Å². The van der Waals surface area contributed by atoms with Crippen molar-refractivity contribution in [2.75, 3.05) is 20.1 Å². The highest BCUT2D eigenvalue weighted by Crippen LogP contribution is 2.36. The van der Waals surface area contributed by atoms with Crippen molar-refractivity contribution in [2.45, 2.75) is 18.8 Å². The summed E-state index contributed by atoms with van der Waals surface area (Å²) in [4.78, 5) is 2.33. The molecule has 0 spiro atoms. The third-order valence-corrected chi connectivity index (χ3v) is 3.58. The van der Waals surface area contributed by atoms with Gasteiger partial charge in [0.25, 0.3) is 0 Å². The highest BCUT2D eigenvalue weighted by atomic mass is 35.5. The Bertz CT molecular complexity index is 345. The van der Waals surface area contributed by atoms with Crippen LogP contribution in [0, 0.1) is 0 Å². The van der Waals surface area contributed by atoms with Crippen LogP contribution in [0.2, 0.25) is 5.02 Å². The average Bonchev–Trinajstić information content (AvgIpc) is 2.24. The summed E-state index contributed by atoms with van der Waals surface area (Å²) in [6, 6.07) is 5.54. The van der Waals surface area contributed by atoms with Crippen molar-refractivity contribution in [3.63, 3.8) is 0 Å². The normalized spacial score (nSPS) is 19.3. The van der Waals surface area contributed by atoms with Gasteiger partial charge < -0.3 is 10.0 Å². The van der Waals surface area contributed by atoms with Crippen LogP contribution in [-0.4, -0.2) is 30.1 Å². The quantitative estimate of drug-likeness (QED) is 0.795. The molecule has 1 N–H and O–H groups in total. The van der Waals surface area contributed by atoms with Crippen LogP contribution in [0.3, 0.4) is 0 Å². The molecule has 1 aromatic rings. The van der Waals surface area contributed by atoms with Crippen molar-refractivity contribution < 1.29 is 5.11 Å². The van der Waals surface area contributed by atoms with E-state index >= 15 is 0 Å². The number of nitrogens with zero attached hydrogens (tertiary/aromatic N) is 1. The summed E-state index contributed by atoms with van der Waals surface area (Å²) in [5.41, 5.74) is 1.10. The molecule has 1 aliphatic heterocycles. The molecule has 0 amide bonds. The number of phenolic OH excluding ortho intramolecular Hbond substituents is 1. The van der Waals surface area contributed by atoms with Crippen molar-refractivity contribution in [1.82, 2.24) is 4.90 Å². The predicted octanol–water partition coefficient (Wildman–Crippen LogP) is 2.85. The number of halogens is 1. The summed E-state index contributed by atoms with van der Waals surface area (Å²) in [6.45, 7) is 2.22. The van der Waals surface area contributed by atoms with Crippen molar-refractivity contribution in [2.24, 2.45) is 0 Å². The SMILES string of the molecule is CN1CCC(c2cccc(O)c2Cl)CC1. The highest BCUT2D eigenvalue weighted by Gasteiger charge is 2.21. The molecule has 2 rings (SSSR count). The molecule has 0 atom stereocenters. The van der Waals surface area contributed by atoms with Crippen LogP contribution in [0.25, 0.3) is 0 Å². The molecule has 0 aromatic heterocycles. The molecular weight excluding hydrogens is 210 g/mol. The number of aromatic hydroxyl groups is 1. The molecule has 3 heteroatoms. The summed E-state index contributed by atoms with van der Waals surface area (Å²) in [5, 5.41) is 10.1. The smallest absolute Gasteiger partial charge is 0.134 e. The summed E-state index contributed by atoms with van der Waals surface area (Å²) in [5.74, 6) is 0.703. The standard InChI is InChI=1S/C12H16ClNO/c1-14-7-5-9(6-8-14)10-3-2-4-11(15)12(10)13/h2-4,9,15H,5-8H2,1H3. The first kappa shape index (κ1) is 10.8. The first-order chi connectivity index (χ1) is 7.18. The number of phenols is 1. The van der Waals surface area contributed by atoms with Gasteiger partial charge in [-0.2, -0.15) is 0 Å². The van der Waals surface area contributed by atoms with Crippen molar-refractivity contribution in [1.29, 1.82) is 0 Å². The third kappa shape index (κ3) is 2.27. The Hall–Kier alpha value is -0.730. The lowest BCUT2D eigenvalue weighted by Gasteiger charge is -2.29. The maximum atomic E-state index is 9.54. The second-order valence-electron chi connectivity index (χ2n) is 4.26. The lowest BCUT2D eigenvalue weighted by molar-refractivity contribution is 0.255. The van der Waals surface area contributed by atoms with Gasteiger partial charge in [-0.05, 0) is 50.5 Å². The fourth-order valence-corrected chi connectivity index (χ4v) is 2.45. The van der Waals surface area contributed by atoms with Gasteiger partial charge in [-0.1, -0.05) is 23.7 Å². The van der Waals surface area contributed by atoms with Crippen LogP contribution in [0.1, 0.15) is 24.3 Å². The summed E-state index contributed by atoms with van der Waals surface area (Å²) >= 11 is 6.10. The van der Waals surface area contributed by atoms with E-state index in [4.69, 9.17) is 11.6 Å². The molecular formula is C12H16ClNO. The number of hydrogen-bond acceptors (Lipinski definition) is 2. The van der Waals surface area contributed by atoms with E-state index in [1.807, 2.05) is 12.1 Å². The van der Waals surface area contributed by atoms with E-state index in [1.54, 1.807) is 6.07 Å². The molecule has 0 aliphatic carbocycles. The van der Waals surface area contributed by atoms with E-state index in [0.29, 0.717) is 10.9 Å². The summed E-state index contributed by atoms with van der Waals surface area (Å²) in [7, 11) is 2.14. The Labute approximate surface area is 95.5 Å². The van der Waals surface area contributed by atoms with Gasteiger partial charge in [0, 0.05) is 0 Å². The third-order valence-electron chi connectivity index (χ3n) is 3.17. The zero-order chi connectivity index (χ0) is 10.8. The van der Waals surface area contributed by atoms with Crippen LogP contribution >= 0.6 is 11.6 Å². The van der Waals surface area contributed by atoms with Crippen LogP contribution in [0.15, 0.2) is 18.2 Å². The molecule has 0 unspecified atom stereocenters. The lowest BCUT2D eigenvalue weighted by Crippen LogP contribution is -2.29. The number of piperidine rings is 1. The molecule has 0 saturated carbocycles. The van der Waals surface area contributed by atoms with Gasteiger partial charge in [-0.25, -0.2) is 0 Å². The topological polar surface area (TPSA) is 23.5 Å². The molecule has 0 radical (unpaired) electrons. The van der Waals surface area contributed by atoms with Gasteiger partial charge in [-0.3, -0.25) is 0 Å². The molecule has 82 valence electrons. The molecule has 15 heavy (non-hydrogen) atoms. The predicted molar refractivity (Wildman–Crippen MR) is 62.6 cm³/mol. The number of hydrogen-bond donors (Lipinski definition) is 1. The first-order valence-corrected chi connectivity index (χ1v) is 5.72. The maximum absolute atomic E-state index is 9.54.